The van der Waals surface area contributed by atoms with Crippen LogP contribution < -0.4 is 5.73 Å². The van der Waals surface area contributed by atoms with Crippen LogP contribution in [0.4, 0.5) is 0 Å². The molecule has 0 amide bonds. The molecule has 1 aliphatic carbocycles. The SMILES string of the molecule is CC1=CC=C(N)C2OC=CC12. The van der Waals surface area contributed by atoms with Gasteiger partial charge in [-0.05, 0) is 19.1 Å². The molecule has 2 N–H and O–H groups in total. The van der Waals surface area contributed by atoms with Crippen molar-refractivity contribution >= 4 is 0 Å². The van der Waals surface area contributed by atoms with Gasteiger partial charge < -0.3 is 10.5 Å². The molecule has 0 aromatic rings. The zero-order chi connectivity index (χ0) is 7.84. The van der Waals surface area contributed by atoms with Crippen LogP contribution in [0.25, 0.3) is 0 Å². The summed E-state index contributed by atoms with van der Waals surface area (Å²) in [4.78, 5) is 0. The van der Waals surface area contributed by atoms with Crippen LogP contribution in [0.5, 0.6) is 0 Å². The van der Waals surface area contributed by atoms with Crippen molar-refractivity contribution in [3.05, 3.63) is 35.8 Å². The molecule has 0 aromatic carbocycles. The van der Waals surface area contributed by atoms with E-state index in [1.807, 2.05) is 6.08 Å². The first-order valence-electron chi connectivity index (χ1n) is 3.75. The molecule has 1 heterocycles. The van der Waals surface area contributed by atoms with E-state index >= 15 is 0 Å². The normalized spacial score (nSPS) is 33.9. The Morgan fingerprint density at radius 3 is 3.00 bits per heavy atom. The van der Waals surface area contributed by atoms with Crippen LogP contribution in [0.15, 0.2) is 35.8 Å². The van der Waals surface area contributed by atoms with Gasteiger partial charge in [0.15, 0.2) is 0 Å². The van der Waals surface area contributed by atoms with Crippen molar-refractivity contribution in [1.29, 1.82) is 0 Å². The maximum atomic E-state index is 5.73. The maximum Gasteiger partial charge on any atom is 0.147 e. The van der Waals surface area contributed by atoms with E-state index in [0.717, 1.165) is 5.70 Å². The molecule has 0 saturated heterocycles. The Morgan fingerprint density at radius 1 is 1.45 bits per heavy atom. The first kappa shape index (κ1) is 6.53. The molecular formula is C9H11NO. The molecular weight excluding hydrogens is 138 g/mol. The van der Waals surface area contributed by atoms with Crippen molar-refractivity contribution in [3.8, 4) is 0 Å². The number of hydrogen-bond acceptors (Lipinski definition) is 2. The standard InChI is InChI=1S/C9H11NO/c1-6-2-3-8(10)9-7(6)4-5-11-9/h2-5,7,9H,10H2,1H3. The number of rotatable bonds is 0. The second kappa shape index (κ2) is 2.16. The lowest BCUT2D eigenvalue weighted by Gasteiger charge is -2.22. The van der Waals surface area contributed by atoms with E-state index in [0.29, 0.717) is 5.92 Å². The number of nitrogens with two attached hydrogens (primary N) is 1. The molecule has 2 rings (SSSR count). The molecule has 0 aromatic heterocycles. The Balaban J connectivity index is 2.35. The minimum Gasteiger partial charge on any atom is -0.491 e. The molecule has 0 saturated carbocycles. The fourth-order valence-electron chi connectivity index (χ4n) is 1.51. The molecule has 2 heteroatoms. The van der Waals surface area contributed by atoms with Gasteiger partial charge in [-0.15, -0.1) is 0 Å². The lowest BCUT2D eigenvalue weighted by atomic mass is 9.89. The molecule has 2 unspecified atom stereocenters. The molecule has 0 fully saturated rings. The molecule has 1 aliphatic heterocycles. The Morgan fingerprint density at radius 2 is 2.27 bits per heavy atom. The second-order valence-corrected chi connectivity index (χ2v) is 2.99. The summed E-state index contributed by atoms with van der Waals surface area (Å²) >= 11 is 0. The van der Waals surface area contributed by atoms with Gasteiger partial charge in [-0.2, -0.15) is 0 Å². The molecule has 0 spiro atoms. The predicted molar refractivity (Wildman–Crippen MR) is 43.5 cm³/mol. The lowest BCUT2D eigenvalue weighted by Crippen LogP contribution is -2.27. The van der Waals surface area contributed by atoms with E-state index in [1.165, 1.54) is 5.57 Å². The number of ether oxygens (including phenoxy) is 1. The van der Waals surface area contributed by atoms with Crippen LogP contribution >= 0.6 is 0 Å². The van der Waals surface area contributed by atoms with Crippen LogP contribution in [-0.2, 0) is 4.74 Å². The molecule has 2 nitrogen and oxygen atoms in total. The third kappa shape index (κ3) is 0.862. The fourth-order valence-corrected chi connectivity index (χ4v) is 1.51. The fraction of sp³-hybridized carbons (Fsp3) is 0.333. The molecule has 0 radical (unpaired) electrons. The van der Waals surface area contributed by atoms with Gasteiger partial charge in [0.1, 0.15) is 6.10 Å². The molecule has 11 heavy (non-hydrogen) atoms. The number of hydrogen-bond donors (Lipinski definition) is 1. The predicted octanol–water partition coefficient (Wildman–Crippen LogP) is 1.32. The summed E-state index contributed by atoms with van der Waals surface area (Å²) in [5, 5.41) is 0. The van der Waals surface area contributed by atoms with Crippen molar-refractivity contribution in [2.24, 2.45) is 11.7 Å². The smallest absolute Gasteiger partial charge is 0.147 e. The van der Waals surface area contributed by atoms with Gasteiger partial charge in [-0.25, -0.2) is 0 Å². The summed E-state index contributed by atoms with van der Waals surface area (Å²) in [6, 6.07) is 0. The summed E-state index contributed by atoms with van der Waals surface area (Å²) < 4.78 is 5.32. The van der Waals surface area contributed by atoms with Gasteiger partial charge in [0.2, 0.25) is 0 Å². The monoisotopic (exact) mass is 149 g/mol. The van der Waals surface area contributed by atoms with Crippen LogP contribution in [0.3, 0.4) is 0 Å². The van der Waals surface area contributed by atoms with Crippen molar-refractivity contribution in [3.63, 3.8) is 0 Å². The molecule has 0 bridgehead atoms. The van der Waals surface area contributed by atoms with Gasteiger partial charge in [0.25, 0.3) is 0 Å². The van der Waals surface area contributed by atoms with Gasteiger partial charge in [0, 0.05) is 5.92 Å². The Kier molecular flexibility index (Phi) is 1.28. The average Bonchev–Trinajstić information content (AvgIpc) is 2.45. The van der Waals surface area contributed by atoms with Crippen LogP contribution in [0, 0.1) is 5.92 Å². The quantitative estimate of drug-likeness (QED) is 0.563. The maximum absolute atomic E-state index is 5.73. The van der Waals surface area contributed by atoms with E-state index in [-0.39, 0.29) is 6.10 Å². The lowest BCUT2D eigenvalue weighted by molar-refractivity contribution is 0.175. The van der Waals surface area contributed by atoms with E-state index in [9.17, 15) is 0 Å². The van der Waals surface area contributed by atoms with Crippen LogP contribution in [-0.4, -0.2) is 6.10 Å². The zero-order valence-electron chi connectivity index (χ0n) is 6.45. The zero-order valence-corrected chi connectivity index (χ0v) is 6.45. The highest BCUT2D eigenvalue weighted by molar-refractivity contribution is 5.32. The highest BCUT2D eigenvalue weighted by Gasteiger charge is 2.29. The summed E-state index contributed by atoms with van der Waals surface area (Å²) in [6.07, 6.45) is 7.83. The van der Waals surface area contributed by atoms with Gasteiger partial charge >= 0.3 is 0 Å². The summed E-state index contributed by atoms with van der Waals surface area (Å²) in [5.74, 6) is 0.375. The van der Waals surface area contributed by atoms with Gasteiger partial charge in [-0.1, -0.05) is 11.6 Å². The van der Waals surface area contributed by atoms with Crippen molar-refractivity contribution < 1.29 is 4.74 Å². The Hall–Kier alpha value is -1.18. The highest BCUT2D eigenvalue weighted by Crippen LogP contribution is 2.30. The highest BCUT2D eigenvalue weighted by atomic mass is 16.5. The molecule has 2 atom stereocenters. The average molecular weight is 149 g/mol. The first-order chi connectivity index (χ1) is 5.29. The largest absolute Gasteiger partial charge is 0.491 e. The van der Waals surface area contributed by atoms with E-state index in [1.54, 1.807) is 6.26 Å². The van der Waals surface area contributed by atoms with Crippen LogP contribution in [0.1, 0.15) is 6.92 Å². The number of fused-ring (bicyclic) bond motifs is 1. The first-order valence-corrected chi connectivity index (χ1v) is 3.75. The van der Waals surface area contributed by atoms with Crippen molar-refractivity contribution in [2.45, 2.75) is 13.0 Å². The molecule has 58 valence electrons. The summed E-state index contributed by atoms with van der Waals surface area (Å²) in [5.41, 5.74) is 7.88. The van der Waals surface area contributed by atoms with E-state index in [2.05, 4.69) is 19.1 Å². The van der Waals surface area contributed by atoms with E-state index < -0.39 is 0 Å². The van der Waals surface area contributed by atoms with E-state index in [4.69, 9.17) is 10.5 Å². The van der Waals surface area contributed by atoms with Crippen LogP contribution in [0.2, 0.25) is 0 Å². The number of allylic oxidation sites excluding steroid dienone is 2. The van der Waals surface area contributed by atoms with Crippen molar-refractivity contribution in [1.82, 2.24) is 0 Å². The third-order valence-corrected chi connectivity index (χ3v) is 2.23. The Labute approximate surface area is 66.0 Å². The van der Waals surface area contributed by atoms with Gasteiger partial charge in [0.05, 0.1) is 12.0 Å². The minimum absolute atomic E-state index is 0.0694. The second-order valence-electron chi connectivity index (χ2n) is 2.99. The molecule has 2 aliphatic rings. The topological polar surface area (TPSA) is 35.2 Å². The third-order valence-electron chi connectivity index (χ3n) is 2.23. The Bertz CT molecular complexity index is 263. The summed E-state index contributed by atoms with van der Waals surface area (Å²) in [7, 11) is 0. The van der Waals surface area contributed by atoms with Gasteiger partial charge in [-0.3, -0.25) is 0 Å². The summed E-state index contributed by atoms with van der Waals surface area (Å²) in [6.45, 7) is 2.10. The minimum atomic E-state index is 0.0694. The van der Waals surface area contributed by atoms with Crippen molar-refractivity contribution in [2.75, 3.05) is 0 Å².